The van der Waals surface area contributed by atoms with Crippen LogP contribution < -0.4 is 5.32 Å². The Hall–Kier alpha value is -0.570. The van der Waals surface area contributed by atoms with Crippen molar-refractivity contribution in [2.75, 3.05) is 13.7 Å². The molecular weight excluding hydrogens is 166 g/mol. The Kier molecular flexibility index (Phi) is 6.59. The van der Waals surface area contributed by atoms with Crippen molar-refractivity contribution in [2.24, 2.45) is 5.92 Å². The lowest BCUT2D eigenvalue weighted by Gasteiger charge is -2.13. The van der Waals surface area contributed by atoms with E-state index in [4.69, 9.17) is 0 Å². The third-order valence-electron chi connectivity index (χ3n) is 1.92. The summed E-state index contributed by atoms with van der Waals surface area (Å²) < 4.78 is 4.57. The van der Waals surface area contributed by atoms with Gasteiger partial charge in [0.25, 0.3) is 0 Å². The average Bonchev–Trinajstić information content (AvgIpc) is 2.03. The smallest absolute Gasteiger partial charge is 0.307 e. The fourth-order valence-corrected chi connectivity index (χ4v) is 1.02. The van der Waals surface area contributed by atoms with Crippen molar-refractivity contribution in [1.29, 1.82) is 0 Å². The van der Waals surface area contributed by atoms with Gasteiger partial charge in [0, 0.05) is 6.04 Å². The molecular formula is C10H21NO2. The minimum Gasteiger partial charge on any atom is -0.469 e. The maximum absolute atomic E-state index is 10.9. The highest BCUT2D eigenvalue weighted by atomic mass is 16.5. The van der Waals surface area contributed by atoms with Crippen LogP contribution in [-0.2, 0) is 9.53 Å². The van der Waals surface area contributed by atoms with Crippen molar-refractivity contribution in [3.8, 4) is 0 Å². The first-order valence-corrected chi connectivity index (χ1v) is 4.86. The molecule has 1 N–H and O–H groups in total. The Labute approximate surface area is 80.8 Å². The summed E-state index contributed by atoms with van der Waals surface area (Å²) in [6.45, 7) is 7.34. The van der Waals surface area contributed by atoms with Gasteiger partial charge in [0.15, 0.2) is 0 Å². The van der Waals surface area contributed by atoms with Crippen molar-refractivity contribution in [2.45, 2.75) is 39.7 Å². The Bertz CT molecular complexity index is 146. The lowest BCUT2D eigenvalue weighted by Crippen LogP contribution is -2.30. The van der Waals surface area contributed by atoms with Crippen LogP contribution in [0.15, 0.2) is 0 Å². The summed E-state index contributed by atoms with van der Waals surface area (Å²) in [6.07, 6.45) is 1.60. The minimum absolute atomic E-state index is 0.149. The Morgan fingerprint density at radius 2 is 2.00 bits per heavy atom. The van der Waals surface area contributed by atoms with Crippen molar-refractivity contribution < 1.29 is 9.53 Å². The predicted molar refractivity (Wildman–Crippen MR) is 53.6 cm³/mol. The molecule has 0 aromatic heterocycles. The Balaban J connectivity index is 3.40. The standard InChI is InChI=1S/C10H21NO2/c1-8(2)5-6-11-9(3)7-10(12)13-4/h8-9,11H,5-7H2,1-4H3/t9-/m0/s1. The van der Waals surface area contributed by atoms with Gasteiger partial charge in [-0.1, -0.05) is 13.8 Å². The third-order valence-corrected chi connectivity index (χ3v) is 1.92. The number of carbonyl (C=O) groups is 1. The number of hydrogen-bond acceptors (Lipinski definition) is 3. The maximum atomic E-state index is 10.9. The van der Waals surface area contributed by atoms with Crippen molar-refractivity contribution >= 4 is 5.97 Å². The van der Waals surface area contributed by atoms with E-state index in [0.717, 1.165) is 13.0 Å². The van der Waals surface area contributed by atoms with E-state index in [1.165, 1.54) is 7.11 Å². The highest BCUT2D eigenvalue weighted by Gasteiger charge is 2.07. The number of rotatable bonds is 6. The topological polar surface area (TPSA) is 38.3 Å². The van der Waals surface area contributed by atoms with Gasteiger partial charge >= 0.3 is 5.97 Å². The summed E-state index contributed by atoms with van der Waals surface area (Å²) in [6, 6.07) is 0.214. The molecule has 0 aromatic rings. The first kappa shape index (κ1) is 12.4. The van der Waals surface area contributed by atoms with Crippen LogP contribution >= 0.6 is 0 Å². The normalized spacial score (nSPS) is 13.0. The fraction of sp³-hybridized carbons (Fsp3) is 0.900. The van der Waals surface area contributed by atoms with Gasteiger partial charge in [-0.2, -0.15) is 0 Å². The molecule has 0 saturated carbocycles. The van der Waals surface area contributed by atoms with E-state index in [2.05, 4.69) is 23.9 Å². The van der Waals surface area contributed by atoms with E-state index in [9.17, 15) is 4.79 Å². The SMILES string of the molecule is COC(=O)C[C@H](C)NCCC(C)C. The van der Waals surface area contributed by atoms with E-state index in [-0.39, 0.29) is 12.0 Å². The van der Waals surface area contributed by atoms with Crippen LogP contribution in [0.4, 0.5) is 0 Å². The minimum atomic E-state index is -0.149. The van der Waals surface area contributed by atoms with E-state index >= 15 is 0 Å². The largest absolute Gasteiger partial charge is 0.469 e. The molecule has 0 bridgehead atoms. The van der Waals surface area contributed by atoms with Crippen LogP contribution in [0.25, 0.3) is 0 Å². The molecule has 3 heteroatoms. The van der Waals surface area contributed by atoms with E-state index < -0.39 is 0 Å². The zero-order valence-corrected chi connectivity index (χ0v) is 9.09. The molecule has 0 amide bonds. The summed E-state index contributed by atoms with van der Waals surface area (Å²) >= 11 is 0. The first-order valence-electron chi connectivity index (χ1n) is 4.86. The lowest BCUT2D eigenvalue weighted by atomic mass is 10.1. The molecule has 0 rings (SSSR count). The highest BCUT2D eigenvalue weighted by Crippen LogP contribution is 1.98. The molecule has 0 radical (unpaired) electrons. The molecule has 78 valence electrons. The zero-order valence-electron chi connectivity index (χ0n) is 9.09. The molecule has 13 heavy (non-hydrogen) atoms. The number of esters is 1. The second-order valence-corrected chi connectivity index (χ2v) is 3.82. The van der Waals surface area contributed by atoms with Gasteiger partial charge in [-0.15, -0.1) is 0 Å². The van der Waals surface area contributed by atoms with Crippen LogP contribution in [0.3, 0.4) is 0 Å². The molecule has 1 atom stereocenters. The number of methoxy groups -OCH3 is 1. The predicted octanol–water partition coefficient (Wildman–Crippen LogP) is 1.57. The van der Waals surface area contributed by atoms with E-state index in [0.29, 0.717) is 12.3 Å². The summed E-state index contributed by atoms with van der Waals surface area (Å²) in [5.74, 6) is 0.558. The molecule has 0 aliphatic carbocycles. The summed E-state index contributed by atoms with van der Waals surface area (Å²) in [5, 5.41) is 3.28. The number of nitrogens with one attached hydrogen (secondary N) is 1. The summed E-state index contributed by atoms with van der Waals surface area (Å²) in [7, 11) is 1.42. The fourth-order valence-electron chi connectivity index (χ4n) is 1.02. The van der Waals surface area contributed by atoms with Crippen molar-refractivity contribution in [3.05, 3.63) is 0 Å². The molecule has 0 saturated heterocycles. The van der Waals surface area contributed by atoms with Crippen LogP contribution in [0.1, 0.15) is 33.6 Å². The zero-order chi connectivity index (χ0) is 10.3. The van der Waals surface area contributed by atoms with Crippen LogP contribution in [0.5, 0.6) is 0 Å². The average molecular weight is 187 g/mol. The first-order chi connectivity index (χ1) is 6.06. The van der Waals surface area contributed by atoms with Crippen LogP contribution in [0, 0.1) is 5.92 Å². The maximum Gasteiger partial charge on any atom is 0.307 e. The van der Waals surface area contributed by atoms with Gasteiger partial charge in [0.05, 0.1) is 13.5 Å². The van der Waals surface area contributed by atoms with Gasteiger partial charge in [-0.05, 0) is 25.8 Å². The van der Waals surface area contributed by atoms with E-state index in [1.54, 1.807) is 0 Å². The molecule has 0 fully saturated rings. The molecule has 0 aliphatic rings. The second-order valence-electron chi connectivity index (χ2n) is 3.82. The van der Waals surface area contributed by atoms with Crippen molar-refractivity contribution in [3.63, 3.8) is 0 Å². The van der Waals surface area contributed by atoms with Gasteiger partial charge in [0.1, 0.15) is 0 Å². The monoisotopic (exact) mass is 187 g/mol. The molecule has 0 heterocycles. The van der Waals surface area contributed by atoms with Gasteiger partial charge in [-0.3, -0.25) is 4.79 Å². The Morgan fingerprint density at radius 1 is 1.38 bits per heavy atom. The van der Waals surface area contributed by atoms with Gasteiger partial charge < -0.3 is 10.1 Å². The lowest BCUT2D eigenvalue weighted by molar-refractivity contribution is -0.141. The molecule has 0 aromatic carbocycles. The third kappa shape index (κ3) is 7.78. The summed E-state index contributed by atoms with van der Waals surface area (Å²) in [4.78, 5) is 10.9. The van der Waals surface area contributed by atoms with E-state index in [1.807, 2.05) is 6.92 Å². The number of hydrogen-bond donors (Lipinski definition) is 1. The molecule has 0 unspecified atom stereocenters. The number of ether oxygens (including phenoxy) is 1. The quantitative estimate of drug-likeness (QED) is 0.641. The molecule has 3 nitrogen and oxygen atoms in total. The molecule has 0 aliphatic heterocycles. The van der Waals surface area contributed by atoms with Crippen LogP contribution in [-0.4, -0.2) is 25.7 Å². The molecule has 0 spiro atoms. The highest BCUT2D eigenvalue weighted by molar-refractivity contribution is 5.69. The number of carbonyl (C=O) groups excluding carboxylic acids is 1. The van der Waals surface area contributed by atoms with Crippen LogP contribution in [0.2, 0.25) is 0 Å². The van der Waals surface area contributed by atoms with Gasteiger partial charge in [-0.25, -0.2) is 0 Å². The summed E-state index contributed by atoms with van der Waals surface area (Å²) in [5.41, 5.74) is 0. The second kappa shape index (κ2) is 6.89. The Morgan fingerprint density at radius 3 is 2.46 bits per heavy atom. The van der Waals surface area contributed by atoms with Gasteiger partial charge in [0.2, 0.25) is 0 Å². The van der Waals surface area contributed by atoms with Crippen molar-refractivity contribution in [1.82, 2.24) is 5.32 Å².